The van der Waals surface area contributed by atoms with E-state index in [4.69, 9.17) is 4.74 Å². The van der Waals surface area contributed by atoms with Crippen molar-refractivity contribution in [3.8, 4) is 5.75 Å². The first-order valence-corrected chi connectivity index (χ1v) is 7.10. The molecule has 0 fully saturated rings. The molecular formula is C17H21N3O2. The van der Waals surface area contributed by atoms with Crippen molar-refractivity contribution in [2.75, 3.05) is 12.4 Å². The highest BCUT2D eigenvalue weighted by Gasteiger charge is 2.17. The number of anilines is 1. The Morgan fingerprint density at radius 2 is 1.91 bits per heavy atom. The van der Waals surface area contributed by atoms with Gasteiger partial charge in [-0.1, -0.05) is 26.8 Å². The lowest BCUT2D eigenvalue weighted by Crippen LogP contribution is -2.16. The van der Waals surface area contributed by atoms with Crippen molar-refractivity contribution in [1.29, 1.82) is 0 Å². The molecule has 1 aromatic heterocycles. The summed E-state index contributed by atoms with van der Waals surface area (Å²) in [4.78, 5) is 20.5. The Morgan fingerprint density at radius 1 is 1.18 bits per heavy atom. The van der Waals surface area contributed by atoms with Crippen molar-refractivity contribution >= 4 is 11.6 Å². The Morgan fingerprint density at radius 3 is 2.45 bits per heavy atom. The van der Waals surface area contributed by atoms with Crippen molar-refractivity contribution in [2.45, 2.75) is 33.1 Å². The average molecular weight is 299 g/mol. The van der Waals surface area contributed by atoms with Crippen LogP contribution in [-0.2, 0) is 5.41 Å². The Kier molecular flexibility index (Phi) is 4.45. The van der Waals surface area contributed by atoms with Gasteiger partial charge in [-0.15, -0.1) is 0 Å². The lowest BCUT2D eigenvalue weighted by Gasteiger charge is -2.21. The SMILES string of the molecule is COc1ccc(C(C)(C)C)cc1NC(=O)c1cnc(C)cn1. The molecule has 1 aromatic carbocycles. The molecule has 1 N–H and O–H groups in total. The fourth-order valence-corrected chi connectivity index (χ4v) is 1.97. The summed E-state index contributed by atoms with van der Waals surface area (Å²) < 4.78 is 5.32. The molecule has 0 aliphatic heterocycles. The molecule has 0 saturated heterocycles. The number of benzene rings is 1. The number of aryl methyl sites for hydroxylation is 1. The molecule has 0 aliphatic carbocycles. The maximum Gasteiger partial charge on any atom is 0.275 e. The van der Waals surface area contributed by atoms with E-state index in [9.17, 15) is 4.79 Å². The molecule has 22 heavy (non-hydrogen) atoms. The number of hydrogen-bond acceptors (Lipinski definition) is 4. The Labute approximate surface area is 130 Å². The van der Waals surface area contributed by atoms with Crippen molar-refractivity contribution in [3.63, 3.8) is 0 Å². The molecular weight excluding hydrogens is 278 g/mol. The molecule has 0 radical (unpaired) electrons. The van der Waals surface area contributed by atoms with E-state index in [1.807, 2.05) is 25.1 Å². The molecule has 0 aliphatic rings. The summed E-state index contributed by atoms with van der Waals surface area (Å²) in [5.41, 5.74) is 2.76. The first-order valence-electron chi connectivity index (χ1n) is 7.10. The van der Waals surface area contributed by atoms with Crippen LogP contribution in [0.2, 0.25) is 0 Å². The first-order chi connectivity index (χ1) is 10.3. The zero-order chi connectivity index (χ0) is 16.3. The zero-order valence-electron chi connectivity index (χ0n) is 13.6. The summed E-state index contributed by atoms with van der Waals surface area (Å²) in [6.07, 6.45) is 3.03. The van der Waals surface area contributed by atoms with Crippen LogP contribution >= 0.6 is 0 Å². The van der Waals surface area contributed by atoms with Crippen molar-refractivity contribution in [3.05, 3.63) is 47.5 Å². The standard InChI is InChI=1S/C17H21N3O2/c1-11-9-19-14(10-18-11)16(21)20-13-8-12(17(2,3)4)6-7-15(13)22-5/h6-10H,1-5H3,(H,20,21). The number of rotatable bonds is 3. The molecule has 0 bridgehead atoms. The van der Waals surface area contributed by atoms with Gasteiger partial charge in [-0.3, -0.25) is 9.78 Å². The van der Waals surface area contributed by atoms with Crippen LogP contribution in [0.1, 0.15) is 42.5 Å². The molecule has 0 spiro atoms. The summed E-state index contributed by atoms with van der Waals surface area (Å²) in [5, 5.41) is 2.84. The quantitative estimate of drug-likeness (QED) is 0.944. The fraction of sp³-hybridized carbons (Fsp3) is 0.353. The van der Waals surface area contributed by atoms with E-state index in [0.29, 0.717) is 11.4 Å². The predicted molar refractivity (Wildman–Crippen MR) is 86.4 cm³/mol. The number of nitrogens with zero attached hydrogens (tertiary/aromatic N) is 2. The average Bonchev–Trinajstić information content (AvgIpc) is 2.46. The number of hydrogen-bond donors (Lipinski definition) is 1. The van der Waals surface area contributed by atoms with Crippen LogP contribution in [-0.4, -0.2) is 23.0 Å². The van der Waals surface area contributed by atoms with Gasteiger partial charge in [0, 0.05) is 6.20 Å². The topological polar surface area (TPSA) is 64.1 Å². The summed E-state index contributed by atoms with van der Waals surface area (Å²) in [6.45, 7) is 8.17. The lowest BCUT2D eigenvalue weighted by atomic mass is 9.87. The minimum absolute atomic E-state index is 0.0184. The van der Waals surface area contributed by atoms with Crippen LogP contribution in [0.15, 0.2) is 30.6 Å². The van der Waals surface area contributed by atoms with Gasteiger partial charge in [0.1, 0.15) is 11.4 Å². The third-order valence-corrected chi connectivity index (χ3v) is 3.33. The largest absolute Gasteiger partial charge is 0.495 e. The van der Waals surface area contributed by atoms with Crippen LogP contribution in [0.5, 0.6) is 5.75 Å². The lowest BCUT2D eigenvalue weighted by molar-refractivity contribution is 0.102. The Bertz CT molecular complexity index is 673. The van der Waals surface area contributed by atoms with Crippen LogP contribution in [0, 0.1) is 6.92 Å². The monoisotopic (exact) mass is 299 g/mol. The van der Waals surface area contributed by atoms with E-state index in [0.717, 1.165) is 11.3 Å². The van der Waals surface area contributed by atoms with E-state index in [-0.39, 0.29) is 17.0 Å². The number of aromatic nitrogens is 2. The Hall–Kier alpha value is -2.43. The molecule has 2 aromatic rings. The third-order valence-electron chi connectivity index (χ3n) is 3.33. The smallest absolute Gasteiger partial charge is 0.275 e. The van der Waals surface area contributed by atoms with E-state index in [2.05, 4.69) is 36.1 Å². The molecule has 1 heterocycles. The maximum atomic E-state index is 12.3. The fourth-order valence-electron chi connectivity index (χ4n) is 1.97. The molecule has 2 rings (SSSR count). The third kappa shape index (κ3) is 3.61. The molecule has 5 nitrogen and oxygen atoms in total. The number of ether oxygens (including phenoxy) is 1. The van der Waals surface area contributed by atoms with Crippen LogP contribution in [0.3, 0.4) is 0 Å². The van der Waals surface area contributed by atoms with Crippen LogP contribution < -0.4 is 10.1 Å². The van der Waals surface area contributed by atoms with Gasteiger partial charge in [0.05, 0.1) is 24.7 Å². The van der Waals surface area contributed by atoms with Gasteiger partial charge in [0.25, 0.3) is 5.91 Å². The van der Waals surface area contributed by atoms with E-state index >= 15 is 0 Å². The van der Waals surface area contributed by atoms with E-state index in [1.165, 1.54) is 6.20 Å². The van der Waals surface area contributed by atoms with Gasteiger partial charge in [-0.2, -0.15) is 0 Å². The van der Waals surface area contributed by atoms with Gasteiger partial charge in [0.2, 0.25) is 0 Å². The maximum absolute atomic E-state index is 12.3. The van der Waals surface area contributed by atoms with Gasteiger partial charge in [-0.25, -0.2) is 4.98 Å². The van der Waals surface area contributed by atoms with Gasteiger partial charge >= 0.3 is 0 Å². The van der Waals surface area contributed by atoms with Gasteiger partial charge < -0.3 is 10.1 Å². The van der Waals surface area contributed by atoms with Crippen molar-refractivity contribution in [2.24, 2.45) is 0 Å². The Balaban J connectivity index is 2.31. The molecule has 5 heteroatoms. The zero-order valence-corrected chi connectivity index (χ0v) is 13.6. The second kappa shape index (κ2) is 6.13. The van der Waals surface area contributed by atoms with Gasteiger partial charge in [0.15, 0.2) is 0 Å². The highest BCUT2D eigenvalue weighted by atomic mass is 16.5. The minimum atomic E-state index is -0.308. The molecule has 1 amide bonds. The number of amides is 1. The highest BCUT2D eigenvalue weighted by molar-refractivity contribution is 6.03. The second-order valence-electron chi connectivity index (χ2n) is 6.16. The van der Waals surface area contributed by atoms with Crippen LogP contribution in [0.4, 0.5) is 5.69 Å². The molecule has 0 atom stereocenters. The summed E-state index contributed by atoms with van der Waals surface area (Å²) in [5.74, 6) is 0.304. The first kappa shape index (κ1) is 15.9. The molecule has 0 unspecified atom stereocenters. The number of methoxy groups -OCH3 is 1. The highest BCUT2D eigenvalue weighted by Crippen LogP contribution is 2.31. The van der Waals surface area contributed by atoms with Crippen molar-refractivity contribution in [1.82, 2.24) is 9.97 Å². The normalized spacial score (nSPS) is 11.1. The summed E-state index contributed by atoms with van der Waals surface area (Å²) in [6, 6.07) is 5.79. The van der Waals surface area contributed by atoms with E-state index in [1.54, 1.807) is 13.3 Å². The summed E-state index contributed by atoms with van der Waals surface area (Å²) in [7, 11) is 1.58. The van der Waals surface area contributed by atoms with Crippen LogP contribution in [0.25, 0.3) is 0 Å². The molecule has 0 saturated carbocycles. The minimum Gasteiger partial charge on any atom is -0.495 e. The molecule has 116 valence electrons. The number of nitrogens with one attached hydrogen (secondary N) is 1. The van der Waals surface area contributed by atoms with Gasteiger partial charge in [-0.05, 0) is 30.0 Å². The van der Waals surface area contributed by atoms with Crippen molar-refractivity contribution < 1.29 is 9.53 Å². The number of carbonyl (C=O) groups excluding carboxylic acids is 1. The second-order valence-corrected chi connectivity index (χ2v) is 6.16. The number of carbonyl (C=O) groups is 1. The predicted octanol–water partition coefficient (Wildman–Crippen LogP) is 3.34. The summed E-state index contributed by atoms with van der Waals surface area (Å²) >= 11 is 0. The van der Waals surface area contributed by atoms with E-state index < -0.39 is 0 Å².